The second-order valence-corrected chi connectivity index (χ2v) is 5.73. The Morgan fingerprint density at radius 1 is 1.59 bits per heavy atom. The number of rotatable bonds is 8. The van der Waals surface area contributed by atoms with Crippen LogP contribution in [0, 0.1) is 0 Å². The summed E-state index contributed by atoms with van der Waals surface area (Å²) in [6.07, 6.45) is 4.34. The van der Waals surface area contributed by atoms with Gasteiger partial charge in [0.1, 0.15) is 0 Å². The number of carbonyl (C=O) groups excluding carboxylic acids is 1. The Morgan fingerprint density at radius 3 is 3.06 bits per heavy atom. The zero-order valence-corrected chi connectivity index (χ0v) is 11.8. The van der Waals surface area contributed by atoms with Crippen LogP contribution in [0.25, 0.3) is 0 Å². The van der Waals surface area contributed by atoms with Gasteiger partial charge in [0.2, 0.25) is 5.91 Å². The van der Waals surface area contributed by atoms with Gasteiger partial charge < -0.3 is 5.32 Å². The van der Waals surface area contributed by atoms with Crippen LogP contribution < -0.4 is 5.32 Å². The van der Waals surface area contributed by atoms with E-state index in [1.54, 1.807) is 11.3 Å². The molecule has 1 unspecified atom stereocenters. The van der Waals surface area contributed by atoms with E-state index in [2.05, 4.69) is 23.7 Å². The maximum Gasteiger partial charge on any atom is 0.220 e. The molecule has 0 saturated heterocycles. The van der Waals surface area contributed by atoms with Gasteiger partial charge in [0.25, 0.3) is 0 Å². The van der Waals surface area contributed by atoms with E-state index in [4.69, 9.17) is 11.6 Å². The van der Waals surface area contributed by atoms with Crippen LogP contribution in [0.4, 0.5) is 0 Å². The van der Waals surface area contributed by atoms with Crippen molar-refractivity contribution in [1.29, 1.82) is 0 Å². The number of carbonyl (C=O) groups is 1. The van der Waals surface area contributed by atoms with Crippen LogP contribution in [0.1, 0.15) is 37.5 Å². The highest BCUT2D eigenvalue weighted by atomic mass is 35.5. The average molecular weight is 274 g/mol. The zero-order valence-electron chi connectivity index (χ0n) is 10.2. The SMILES string of the molecule is CCC(Cl)CCNC(=O)CCCc1cccs1. The highest BCUT2D eigenvalue weighted by molar-refractivity contribution is 7.09. The molecule has 1 aromatic heterocycles. The van der Waals surface area contributed by atoms with Crippen LogP contribution in [-0.2, 0) is 11.2 Å². The zero-order chi connectivity index (χ0) is 12.5. The van der Waals surface area contributed by atoms with Crippen LogP contribution >= 0.6 is 22.9 Å². The third kappa shape index (κ3) is 6.69. The first-order valence-electron chi connectivity index (χ1n) is 6.15. The fourth-order valence-electron chi connectivity index (χ4n) is 1.54. The van der Waals surface area contributed by atoms with Gasteiger partial charge in [0.15, 0.2) is 0 Å². The summed E-state index contributed by atoms with van der Waals surface area (Å²) in [6.45, 7) is 2.75. The summed E-state index contributed by atoms with van der Waals surface area (Å²) in [5.74, 6) is 0.140. The van der Waals surface area contributed by atoms with Gasteiger partial charge in [0.05, 0.1) is 0 Å². The van der Waals surface area contributed by atoms with Crippen LogP contribution in [0.15, 0.2) is 17.5 Å². The monoisotopic (exact) mass is 273 g/mol. The summed E-state index contributed by atoms with van der Waals surface area (Å²) in [5, 5.41) is 5.16. The van der Waals surface area contributed by atoms with Crippen LogP contribution in [0.2, 0.25) is 0 Å². The minimum absolute atomic E-state index is 0.140. The van der Waals surface area contributed by atoms with Gasteiger partial charge in [-0.15, -0.1) is 22.9 Å². The Kier molecular flexibility index (Phi) is 7.29. The molecule has 0 aliphatic heterocycles. The predicted molar refractivity (Wildman–Crippen MR) is 74.8 cm³/mol. The topological polar surface area (TPSA) is 29.1 Å². The first-order chi connectivity index (χ1) is 8.22. The van der Waals surface area contributed by atoms with E-state index in [1.165, 1.54) is 4.88 Å². The van der Waals surface area contributed by atoms with Crippen molar-refractivity contribution in [3.63, 3.8) is 0 Å². The molecule has 1 N–H and O–H groups in total. The third-order valence-electron chi connectivity index (χ3n) is 2.63. The summed E-state index contributed by atoms with van der Waals surface area (Å²) in [4.78, 5) is 12.8. The van der Waals surface area contributed by atoms with Gasteiger partial charge in [-0.3, -0.25) is 4.79 Å². The number of hydrogen-bond acceptors (Lipinski definition) is 2. The lowest BCUT2D eigenvalue weighted by Gasteiger charge is -2.07. The van der Waals surface area contributed by atoms with E-state index in [0.29, 0.717) is 13.0 Å². The summed E-state index contributed by atoms with van der Waals surface area (Å²) >= 11 is 7.72. The van der Waals surface area contributed by atoms with Gasteiger partial charge in [-0.05, 0) is 37.1 Å². The van der Waals surface area contributed by atoms with Crippen molar-refractivity contribution in [2.45, 2.75) is 44.4 Å². The van der Waals surface area contributed by atoms with Crippen molar-refractivity contribution in [1.82, 2.24) is 5.32 Å². The van der Waals surface area contributed by atoms with Gasteiger partial charge in [0, 0.05) is 23.2 Å². The van der Waals surface area contributed by atoms with E-state index in [0.717, 1.165) is 25.7 Å². The minimum Gasteiger partial charge on any atom is -0.356 e. The molecular weight excluding hydrogens is 254 g/mol. The molecule has 0 saturated carbocycles. The van der Waals surface area contributed by atoms with Crippen molar-refractivity contribution < 1.29 is 4.79 Å². The molecule has 17 heavy (non-hydrogen) atoms. The number of halogens is 1. The second-order valence-electron chi connectivity index (χ2n) is 4.08. The van der Waals surface area contributed by atoms with E-state index in [1.807, 2.05) is 6.07 Å². The highest BCUT2D eigenvalue weighted by Gasteiger charge is 2.04. The molecule has 0 spiro atoms. The van der Waals surface area contributed by atoms with E-state index < -0.39 is 0 Å². The minimum atomic E-state index is 0.140. The van der Waals surface area contributed by atoms with E-state index in [-0.39, 0.29) is 11.3 Å². The highest BCUT2D eigenvalue weighted by Crippen LogP contribution is 2.11. The van der Waals surface area contributed by atoms with Crippen molar-refractivity contribution >= 4 is 28.8 Å². The maximum absolute atomic E-state index is 11.5. The van der Waals surface area contributed by atoms with Crippen LogP contribution in [0.3, 0.4) is 0 Å². The molecule has 0 radical (unpaired) electrons. The van der Waals surface area contributed by atoms with Gasteiger partial charge in [-0.1, -0.05) is 13.0 Å². The molecule has 1 atom stereocenters. The largest absolute Gasteiger partial charge is 0.356 e. The number of thiophene rings is 1. The molecule has 96 valence electrons. The van der Waals surface area contributed by atoms with E-state index >= 15 is 0 Å². The lowest BCUT2D eigenvalue weighted by molar-refractivity contribution is -0.121. The normalized spacial score (nSPS) is 12.4. The molecule has 0 aromatic carbocycles. The average Bonchev–Trinajstić information content (AvgIpc) is 2.82. The summed E-state index contributed by atoms with van der Waals surface area (Å²) in [7, 11) is 0. The first-order valence-corrected chi connectivity index (χ1v) is 7.47. The summed E-state index contributed by atoms with van der Waals surface area (Å²) < 4.78 is 0. The molecule has 1 heterocycles. The lowest BCUT2D eigenvalue weighted by Crippen LogP contribution is -2.25. The van der Waals surface area contributed by atoms with Gasteiger partial charge in [-0.25, -0.2) is 0 Å². The number of hydrogen-bond donors (Lipinski definition) is 1. The standard InChI is InChI=1S/C13H20ClNOS/c1-2-11(14)8-9-15-13(16)7-3-5-12-6-4-10-17-12/h4,6,10-11H,2-3,5,7-9H2,1H3,(H,15,16). The fraction of sp³-hybridized carbons (Fsp3) is 0.615. The smallest absolute Gasteiger partial charge is 0.220 e. The summed E-state index contributed by atoms with van der Waals surface area (Å²) in [6, 6.07) is 4.16. The van der Waals surface area contributed by atoms with Crippen molar-refractivity contribution in [2.75, 3.05) is 6.54 Å². The van der Waals surface area contributed by atoms with Crippen molar-refractivity contribution in [3.8, 4) is 0 Å². The van der Waals surface area contributed by atoms with Crippen molar-refractivity contribution in [3.05, 3.63) is 22.4 Å². The molecule has 0 bridgehead atoms. The Hall–Kier alpha value is -0.540. The van der Waals surface area contributed by atoms with Crippen molar-refractivity contribution in [2.24, 2.45) is 0 Å². The Bertz CT molecular complexity index is 313. The molecule has 4 heteroatoms. The number of alkyl halides is 1. The molecule has 1 rings (SSSR count). The van der Waals surface area contributed by atoms with E-state index in [9.17, 15) is 4.79 Å². The number of nitrogens with one attached hydrogen (secondary N) is 1. The molecule has 0 aliphatic rings. The molecule has 1 aromatic rings. The molecule has 2 nitrogen and oxygen atoms in total. The maximum atomic E-state index is 11.5. The molecule has 0 fully saturated rings. The predicted octanol–water partition coefficient (Wildman–Crippen LogP) is 3.59. The van der Waals surface area contributed by atoms with Gasteiger partial charge in [-0.2, -0.15) is 0 Å². The Labute approximate surface area is 112 Å². The lowest BCUT2D eigenvalue weighted by atomic mass is 10.2. The van der Waals surface area contributed by atoms with Crippen LogP contribution in [-0.4, -0.2) is 17.8 Å². The quantitative estimate of drug-likeness (QED) is 0.721. The third-order valence-corrected chi connectivity index (χ3v) is 4.09. The van der Waals surface area contributed by atoms with Gasteiger partial charge >= 0.3 is 0 Å². The molecular formula is C13H20ClNOS. The van der Waals surface area contributed by atoms with Crippen LogP contribution in [0.5, 0.6) is 0 Å². The number of amides is 1. The number of aryl methyl sites for hydroxylation is 1. The molecule has 1 amide bonds. The second kappa shape index (κ2) is 8.54. The fourth-order valence-corrected chi connectivity index (χ4v) is 2.40. The molecule has 0 aliphatic carbocycles. The first kappa shape index (κ1) is 14.5. The Morgan fingerprint density at radius 2 is 2.41 bits per heavy atom. The summed E-state index contributed by atoms with van der Waals surface area (Å²) in [5.41, 5.74) is 0. The Balaban J connectivity index is 2.01.